The van der Waals surface area contributed by atoms with Gasteiger partial charge in [0.25, 0.3) is 0 Å². The zero-order valence-electron chi connectivity index (χ0n) is 12.4. The number of carbonyl (C=O) groups excluding carboxylic acids is 1. The number of nitrogens with one attached hydrogen (secondary N) is 1. The Labute approximate surface area is 129 Å². The summed E-state index contributed by atoms with van der Waals surface area (Å²) < 4.78 is 17.8. The van der Waals surface area contributed by atoms with Crippen LogP contribution in [0.3, 0.4) is 0 Å². The zero-order chi connectivity index (χ0) is 15.8. The quantitative estimate of drug-likeness (QED) is 0.832. The Morgan fingerprint density at radius 1 is 1.14 bits per heavy atom. The number of rotatable bonds is 6. The average molecular weight is 299 g/mol. The van der Waals surface area contributed by atoms with Crippen LogP contribution in [0.4, 0.5) is 4.39 Å². The van der Waals surface area contributed by atoms with Gasteiger partial charge in [-0.25, -0.2) is 4.39 Å². The molecule has 0 aromatic heterocycles. The molecule has 3 nitrogen and oxygen atoms in total. The van der Waals surface area contributed by atoms with E-state index in [1.807, 2.05) is 24.3 Å². The summed E-state index contributed by atoms with van der Waals surface area (Å²) in [6, 6.07) is 13.7. The van der Waals surface area contributed by atoms with Crippen LogP contribution in [-0.2, 0) is 11.2 Å². The van der Waals surface area contributed by atoms with E-state index in [2.05, 4.69) is 5.32 Å². The van der Waals surface area contributed by atoms with E-state index in [-0.39, 0.29) is 11.7 Å². The van der Waals surface area contributed by atoms with Gasteiger partial charge in [-0.15, -0.1) is 0 Å². The molecule has 0 saturated heterocycles. The predicted molar refractivity (Wildman–Crippen MR) is 85.1 cm³/mol. The molecule has 0 saturated carbocycles. The van der Waals surface area contributed by atoms with Crippen molar-refractivity contribution in [2.75, 3.05) is 13.7 Å². The van der Waals surface area contributed by atoms with Crippen molar-refractivity contribution in [3.63, 3.8) is 0 Å². The third kappa shape index (κ3) is 5.05. The maximum atomic E-state index is 12.8. The number of ether oxygens (including phenoxy) is 1. The minimum absolute atomic E-state index is 0.155. The van der Waals surface area contributed by atoms with Gasteiger partial charge in [-0.1, -0.05) is 24.3 Å². The lowest BCUT2D eigenvalue weighted by molar-refractivity contribution is -0.116. The lowest BCUT2D eigenvalue weighted by Crippen LogP contribution is -2.23. The third-order valence-electron chi connectivity index (χ3n) is 3.17. The summed E-state index contributed by atoms with van der Waals surface area (Å²) in [5.41, 5.74) is 1.91. The number of amides is 1. The second-order valence-corrected chi connectivity index (χ2v) is 4.77. The van der Waals surface area contributed by atoms with Crippen LogP contribution in [-0.4, -0.2) is 19.6 Å². The first-order valence-electron chi connectivity index (χ1n) is 7.02. The van der Waals surface area contributed by atoms with Crippen molar-refractivity contribution in [3.05, 3.63) is 71.6 Å². The van der Waals surface area contributed by atoms with Gasteiger partial charge in [0.2, 0.25) is 5.91 Å². The molecule has 0 unspecified atom stereocenters. The number of halogens is 1. The second-order valence-electron chi connectivity index (χ2n) is 4.77. The van der Waals surface area contributed by atoms with Gasteiger partial charge >= 0.3 is 0 Å². The van der Waals surface area contributed by atoms with Crippen LogP contribution in [0.2, 0.25) is 0 Å². The average Bonchev–Trinajstić information content (AvgIpc) is 2.55. The fourth-order valence-corrected chi connectivity index (χ4v) is 1.93. The molecule has 22 heavy (non-hydrogen) atoms. The first kappa shape index (κ1) is 15.8. The van der Waals surface area contributed by atoms with E-state index in [9.17, 15) is 9.18 Å². The molecule has 0 radical (unpaired) electrons. The van der Waals surface area contributed by atoms with E-state index < -0.39 is 0 Å². The normalized spacial score (nSPS) is 10.6. The Morgan fingerprint density at radius 3 is 2.45 bits per heavy atom. The van der Waals surface area contributed by atoms with Crippen LogP contribution < -0.4 is 10.1 Å². The summed E-state index contributed by atoms with van der Waals surface area (Å²) in [5.74, 6) is 0.369. The minimum Gasteiger partial charge on any atom is -0.497 e. The monoisotopic (exact) mass is 299 g/mol. The SMILES string of the molecule is COc1ccc(/C=C/C(=O)NCCc2ccc(F)cc2)cc1. The third-order valence-corrected chi connectivity index (χ3v) is 3.17. The molecule has 0 bridgehead atoms. The fourth-order valence-electron chi connectivity index (χ4n) is 1.93. The van der Waals surface area contributed by atoms with Gasteiger partial charge in [0.1, 0.15) is 11.6 Å². The molecule has 0 aliphatic rings. The summed E-state index contributed by atoms with van der Waals surface area (Å²) in [6.45, 7) is 0.511. The summed E-state index contributed by atoms with van der Waals surface area (Å²) in [5, 5.41) is 2.79. The smallest absolute Gasteiger partial charge is 0.244 e. The first-order chi connectivity index (χ1) is 10.7. The van der Waals surface area contributed by atoms with Gasteiger partial charge in [-0.3, -0.25) is 4.79 Å². The van der Waals surface area contributed by atoms with E-state index in [0.29, 0.717) is 13.0 Å². The standard InChI is InChI=1S/C18H18FNO2/c1-22-17-9-4-14(5-10-17)6-11-18(21)20-13-12-15-2-7-16(19)8-3-15/h2-11H,12-13H2,1H3,(H,20,21)/b11-6+. The Hall–Kier alpha value is -2.62. The van der Waals surface area contributed by atoms with Crippen molar-refractivity contribution >= 4 is 12.0 Å². The van der Waals surface area contributed by atoms with Crippen LogP contribution in [0.5, 0.6) is 5.75 Å². The van der Waals surface area contributed by atoms with Gasteiger partial charge in [0.15, 0.2) is 0 Å². The molecule has 0 aliphatic carbocycles. The molecular formula is C18H18FNO2. The van der Waals surface area contributed by atoms with Crippen LogP contribution in [0.25, 0.3) is 6.08 Å². The number of benzene rings is 2. The van der Waals surface area contributed by atoms with E-state index in [1.54, 1.807) is 25.3 Å². The van der Waals surface area contributed by atoms with Crippen LogP contribution in [0, 0.1) is 5.82 Å². The van der Waals surface area contributed by atoms with Crippen molar-refractivity contribution in [2.45, 2.75) is 6.42 Å². The molecular weight excluding hydrogens is 281 g/mol. The molecule has 1 amide bonds. The molecule has 0 atom stereocenters. The van der Waals surface area contributed by atoms with Gasteiger partial charge < -0.3 is 10.1 Å². The Bertz CT molecular complexity index is 633. The van der Waals surface area contributed by atoms with Crippen molar-refractivity contribution in [1.82, 2.24) is 5.32 Å². The topological polar surface area (TPSA) is 38.3 Å². The largest absolute Gasteiger partial charge is 0.497 e. The number of carbonyl (C=O) groups is 1. The summed E-state index contributed by atoms with van der Waals surface area (Å²) >= 11 is 0. The summed E-state index contributed by atoms with van der Waals surface area (Å²) in [4.78, 5) is 11.7. The van der Waals surface area contributed by atoms with Gasteiger partial charge in [-0.05, 0) is 47.9 Å². The second kappa shape index (κ2) is 7.98. The molecule has 2 aromatic rings. The maximum absolute atomic E-state index is 12.8. The minimum atomic E-state index is -0.254. The van der Waals surface area contributed by atoms with E-state index in [1.165, 1.54) is 18.2 Å². The molecule has 4 heteroatoms. The molecule has 2 aromatic carbocycles. The molecule has 0 aliphatic heterocycles. The summed E-state index contributed by atoms with van der Waals surface area (Å²) in [6.07, 6.45) is 3.90. The van der Waals surface area contributed by atoms with E-state index >= 15 is 0 Å². The molecule has 2 rings (SSSR count). The first-order valence-corrected chi connectivity index (χ1v) is 7.02. The zero-order valence-corrected chi connectivity index (χ0v) is 12.4. The molecule has 114 valence electrons. The predicted octanol–water partition coefficient (Wildman–Crippen LogP) is 3.21. The summed E-state index contributed by atoms with van der Waals surface area (Å²) in [7, 11) is 1.61. The number of hydrogen-bond acceptors (Lipinski definition) is 2. The lowest BCUT2D eigenvalue weighted by atomic mass is 10.1. The van der Waals surface area contributed by atoms with Gasteiger partial charge in [0, 0.05) is 12.6 Å². The van der Waals surface area contributed by atoms with Crippen molar-refractivity contribution in [3.8, 4) is 5.75 Å². The van der Waals surface area contributed by atoms with E-state index in [4.69, 9.17) is 4.74 Å². The van der Waals surface area contributed by atoms with Gasteiger partial charge in [0.05, 0.1) is 7.11 Å². The molecule has 0 fully saturated rings. The van der Waals surface area contributed by atoms with Crippen LogP contribution >= 0.6 is 0 Å². The molecule has 0 heterocycles. The highest BCUT2D eigenvalue weighted by molar-refractivity contribution is 5.91. The van der Waals surface area contributed by atoms with Crippen molar-refractivity contribution in [1.29, 1.82) is 0 Å². The highest BCUT2D eigenvalue weighted by atomic mass is 19.1. The lowest BCUT2D eigenvalue weighted by Gasteiger charge is -2.03. The van der Waals surface area contributed by atoms with E-state index in [0.717, 1.165) is 16.9 Å². The Kier molecular flexibility index (Phi) is 5.72. The number of hydrogen-bond donors (Lipinski definition) is 1. The molecule has 1 N–H and O–H groups in total. The molecule has 0 spiro atoms. The van der Waals surface area contributed by atoms with Gasteiger partial charge in [-0.2, -0.15) is 0 Å². The van der Waals surface area contributed by atoms with Crippen LogP contribution in [0.15, 0.2) is 54.6 Å². The van der Waals surface area contributed by atoms with Crippen molar-refractivity contribution < 1.29 is 13.9 Å². The Balaban J connectivity index is 1.77. The Morgan fingerprint density at radius 2 is 1.82 bits per heavy atom. The highest BCUT2D eigenvalue weighted by Crippen LogP contribution is 2.12. The van der Waals surface area contributed by atoms with Crippen molar-refractivity contribution in [2.24, 2.45) is 0 Å². The number of methoxy groups -OCH3 is 1. The van der Waals surface area contributed by atoms with Crippen LogP contribution in [0.1, 0.15) is 11.1 Å². The highest BCUT2D eigenvalue weighted by Gasteiger charge is 1.97. The maximum Gasteiger partial charge on any atom is 0.244 e. The fraction of sp³-hybridized carbons (Fsp3) is 0.167.